The summed E-state index contributed by atoms with van der Waals surface area (Å²) < 4.78 is 6.78. The normalized spacial score (nSPS) is 15.0. The van der Waals surface area contributed by atoms with Crippen molar-refractivity contribution < 1.29 is 19.4 Å². The third-order valence-corrected chi connectivity index (χ3v) is 5.28. The summed E-state index contributed by atoms with van der Waals surface area (Å²) in [6.45, 7) is 1.68. The molecule has 3 N–H and O–H groups in total. The third-order valence-electron chi connectivity index (χ3n) is 4.97. The average Bonchev–Trinajstić information content (AvgIpc) is 3.43. The topological polar surface area (TPSA) is 144 Å². The Bertz CT molecular complexity index is 1160. The van der Waals surface area contributed by atoms with Crippen molar-refractivity contribution in [2.75, 3.05) is 10.6 Å². The molecule has 0 aromatic carbocycles. The van der Waals surface area contributed by atoms with Crippen molar-refractivity contribution in [3.63, 3.8) is 0 Å². The number of hydrogen-bond donors (Lipinski definition) is 3. The first-order valence-electron chi connectivity index (χ1n) is 9.75. The van der Waals surface area contributed by atoms with E-state index >= 15 is 0 Å². The molecular formula is C20H20ClN7O4. The fourth-order valence-electron chi connectivity index (χ4n) is 2.92. The standard InChI is InChI=1S/C20H20ClN7O4/c1-11(13-4-3-9-22-16(13)21)32-19(30)25-17-15(26-27-28(17)2)14-6-5-12(10-23-14)24-18(29)20(31)7-8-20/h3-6,9-11,31H,7-8H2,1-2H3,(H,24,29)(H,25,30). The second kappa shape index (κ2) is 8.52. The van der Waals surface area contributed by atoms with Gasteiger partial charge in [0.25, 0.3) is 5.91 Å². The highest BCUT2D eigenvalue weighted by Gasteiger charge is 2.48. The van der Waals surface area contributed by atoms with Gasteiger partial charge in [-0.1, -0.05) is 22.9 Å². The minimum Gasteiger partial charge on any atom is -0.441 e. The van der Waals surface area contributed by atoms with Crippen LogP contribution in [0.25, 0.3) is 11.4 Å². The summed E-state index contributed by atoms with van der Waals surface area (Å²) in [5, 5.41) is 23.3. The van der Waals surface area contributed by atoms with Gasteiger partial charge in [0.1, 0.15) is 16.9 Å². The van der Waals surface area contributed by atoms with Crippen LogP contribution in [0, 0.1) is 0 Å². The van der Waals surface area contributed by atoms with Crippen molar-refractivity contribution in [1.82, 2.24) is 25.0 Å². The van der Waals surface area contributed by atoms with Crippen LogP contribution in [-0.2, 0) is 16.6 Å². The fourth-order valence-corrected chi connectivity index (χ4v) is 3.20. The first-order chi connectivity index (χ1) is 15.3. The van der Waals surface area contributed by atoms with Gasteiger partial charge in [-0.2, -0.15) is 0 Å². The molecule has 0 radical (unpaired) electrons. The first kappa shape index (κ1) is 21.7. The van der Waals surface area contributed by atoms with Crippen molar-refractivity contribution in [3.8, 4) is 11.4 Å². The van der Waals surface area contributed by atoms with Gasteiger partial charge in [0.2, 0.25) is 0 Å². The lowest BCUT2D eigenvalue weighted by Crippen LogP contribution is -2.29. The monoisotopic (exact) mass is 457 g/mol. The molecule has 1 aliphatic rings. The van der Waals surface area contributed by atoms with Crippen LogP contribution in [0.15, 0.2) is 36.7 Å². The minimum atomic E-state index is -1.28. The van der Waals surface area contributed by atoms with Crippen LogP contribution in [0.1, 0.15) is 31.4 Å². The van der Waals surface area contributed by atoms with E-state index < -0.39 is 23.7 Å². The Balaban J connectivity index is 1.45. The fraction of sp³-hybridized carbons (Fsp3) is 0.300. The Kier molecular flexibility index (Phi) is 5.76. The van der Waals surface area contributed by atoms with E-state index in [0.29, 0.717) is 35.5 Å². The van der Waals surface area contributed by atoms with Crippen LogP contribution in [-0.4, -0.2) is 47.7 Å². The summed E-state index contributed by atoms with van der Waals surface area (Å²) in [5.41, 5.74) is 0.454. The number of amides is 2. The van der Waals surface area contributed by atoms with E-state index in [1.54, 1.807) is 44.4 Å². The Morgan fingerprint density at radius 3 is 2.69 bits per heavy atom. The van der Waals surface area contributed by atoms with E-state index in [1.165, 1.54) is 10.9 Å². The maximum Gasteiger partial charge on any atom is 0.413 e. The highest BCUT2D eigenvalue weighted by Crippen LogP contribution is 2.36. The average molecular weight is 458 g/mol. The molecule has 4 rings (SSSR count). The van der Waals surface area contributed by atoms with E-state index in [2.05, 4.69) is 30.9 Å². The van der Waals surface area contributed by atoms with Crippen LogP contribution < -0.4 is 10.6 Å². The van der Waals surface area contributed by atoms with Crippen molar-refractivity contribution in [2.24, 2.45) is 7.05 Å². The van der Waals surface area contributed by atoms with E-state index in [-0.39, 0.29) is 11.0 Å². The molecule has 1 fully saturated rings. The quantitative estimate of drug-likeness (QED) is 0.479. The molecule has 0 saturated heterocycles. The van der Waals surface area contributed by atoms with Gasteiger partial charge in [0.15, 0.2) is 11.5 Å². The molecule has 1 atom stereocenters. The lowest BCUT2D eigenvalue weighted by atomic mass is 10.2. The zero-order valence-corrected chi connectivity index (χ0v) is 18.0. The number of aryl methyl sites for hydroxylation is 1. The number of nitrogens with zero attached hydrogens (tertiary/aromatic N) is 5. The van der Waals surface area contributed by atoms with Crippen LogP contribution in [0.4, 0.5) is 16.3 Å². The van der Waals surface area contributed by atoms with Crippen molar-refractivity contribution >= 4 is 35.1 Å². The number of anilines is 2. The van der Waals surface area contributed by atoms with Gasteiger partial charge in [0, 0.05) is 18.8 Å². The number of carbonyl (C=O) groups excluding carboxylic acids is 2. The predicted molar refractivity (Wildman–Crippen MR) is 115 cm³/mol. The molecule has 3 aromatic rings. The van der Waals surface area contributed by atoms with Crippen LogP contribution in [0.5, 0.6) is 0 Å². The maximum absolute atomic E-state index is 12.5. The smallest absolute Gasteiger partial charge is 0.413 e. The highest BCUT2D eigenvalue weighted by molar-refractivity contribution is 6.30. The zero-order chi connectivity index (χ0) is 22.9. The summed E-state index contributed by atoms with van der Waals surface area (Å²) >= 11 is 6.05. The highest BCUT2D eigenvalue weighted by atomic mass is 35.5. The van der Waals surface area contributed by atoms with E-state index in [9.17, 15) is 14.7 Å². The van der Waals surface area contributed by atoms with Crippen LogP contribution in [0.2, 0.25) is 5.15 Å². The minimum absolute atomic E-state index is 0.251. The maximum atomic E-state index is 12.5. The van der Waals surface area contributed by atoms with Gasteiger partial charge in [-0.05, 0) is 38.0 Å². The van der Waals surface area contributed by atoms with Crippen LogP contribution in [0.3, 0.4) is 0 Å². The molecule has 11 nitrogen and oxygen atoms in total. The molecule has 1 saturated carbocycles. The first-order valence-corrected chi connectivity index (χ1v) is 10.1. The van der Waals surface area contributed by atoms with E-state index in [0.717, 1.165) is 0 Å². The number of pyridine rings is 2. The molecule has 32 heavy (non-hydrogen) atoms. The zero-order valence-electron chi connectivity index (χ0n) is 17.2. The van der Waals surface area contributed by atoms with E-state index in [1.807, 2.05) is 0 Å². The Labute approximate surface area is 187 Å². The van der Waals surface area contributed by atoms with Crippen molar-refractivity contribution in [1.29, 1.82) is 0 Å². The Morgan fingerprint density at radius 2 is 2.03 bits per heavy atom. The number of rotatable bonds is 6. The molecule has 0 spiro atoms. The van der Waals surface area contributed by atoms with Crippen LogP contribution >= 0.6 is 11.6 Å². The lowest BCUT2D eigenvalue weighted by molar-refractivity contribution is -0.125. The molecule has 3 aromatic heterocycles. The number of hydrogen-bond acceptors (Lipinski definition) is 8. The third kappa shape index (κ3) is 4.53. The molecule has 2 amide bonds. The SMILES string of the molecule is CC(OC(=O)Nc1c(-c2ccc(NC(=O)C3(O)CC3)cn2)nnn1C)c1cccnc1Cl. The summed E-state index contributed by atoms with van der Waals surface area (Å²) in [4.78, 5) is 32.7. The van der Waals surface area contributed by atoms with E-state index in [4.69, 9.17) is 16.3 Å². The summed E-state index contributed by atoms with van der Waals surface area (Å²) in [6.07, 6.45) is 2.50. The molecule has 0 aliphatic heterocycles. The summed E-state index contributed by atoms with van der Waals surface area (Å²) in [5.74, 6) is -0.185. The molecule has 1 unspecified atom stereocenters. The number of ether oxygens (including phenoxy) is 1. The molecule has 1 aliphatic carbocycles. The summed E-state index contributed by atoms with van der Waals surface area (Å²) in [6, 6.07) is 6.65. The van der Waals surface area contributed by atoms with Gasteiger partial charge in [-0.25, -0.2) is 14.5 Å². The summed E-state index contributed by atoms with van der Waals surface area (Å²) in [7, 11) is 1.61. The van der Waals surface area contributed by atoms with Gasteiger partial charge in [-0.3, -0.25) is 15.1 Å². The number of aromatic nitrogens is 5. The second-order valence-corrected chi connectivity index (χ2v) is 7.74. The molecular weight excluding hydrogens is 438 g/mol. The van der Waals surface area contributed by atoms with Gasteiger partial charge < -0.3 is 15.2 Å². The Hall–Kier alpha value is -3.57. The van der Waals surface area contributed by atoms with Crippen molar-refractivity contribution in [3.05, 3.63) is 47.4 Å². The molecule has 12 heteroatoms. The lowest BCUT2D eigenvalue weighted by Gasteiger charge is -2.15. The molecule has 3 heterocycles. The number of aliphatic hydroxyl groups is 1. The molecule has 0 bridgehead atoms. The van der Waals surface area contributed by atoms with Gasteiger partial charge in [-0.15, -0.1) is 5.10 Å². The number of carbonyl (C=O) groups is 2. The number of nitrogens with one attached hydrogen (secondary N) is 2. The number of halogens is 1. The Morgan fingerprint density at radius 1 is 1.25 bits per heavy atom. The van der Waals surface area contributed by atoms with Gasteiger partial charge in [0.05, 0.1) is 17.6 Å². The van der Waals surface area contributed by atoms with Gasteiger partial charge >= 0.3 is 6.09 Å². The molecule has 166 valence electrons. The predicted octanol–water partition coefficient (Wildman–Crippen LogP) is 2.70. The largest absolute Gasteiger partial charge is 0.441 e. The van der Waals surface area contributed by atoms with Crippen molar-refractivity contribution in [2.45, 2.75) is 31.5 Å². The second-order valence-electron chi connectivity index (χ2n) is 7.38.